The Hall–Kier alpha value is -2.57. The lowest BCUT2D eigenvalue weighted by Gasteiger charge is -2.17. The molecule has 1 aromatic carbocycles. The summed E-state index contributed by atoms with van der Waals surface area (Å²) < 4.78 is 5.11. The molecule has 142 valence electrons. The number of hydrogen-bond donors (Lipinski definition) is 3. The molecule has 0 heterocycles. The van der Waals surface area contributed by atoms with Crippen molar-refractivity contribution in [1.82, 2.24) is 5.32 Å². The Balaban J connectivity index is 1.82. The first kappa shape index (κ1) is 19.8. The third-order valence-electron chi connectivity index (χ3n) is 4.44. The van der Waals surface area contributed by atoms with Gasteiger partial charge in [0, 0.05) is 24.1 Å². The topological polar surface area (TPSA) is 105 Å². The summed E-state index contributed by atoms with van der Waals surface area (Å²) in [5.74, 6) is -0.680. The average Bonchev–Trinajstić information content (AvgIpc) is 3.09. The molecule has 0 spiro atoms. The van der Waals surface area contributed by atoms with E-state index in [1.54, 1.807) is 25.1 Å². The zero-order chi connectivity index (χ0) is 19.1. The summed E-state index contributed by atoms with van der Waals surface area (Å²) in [6.07, 6.45) is 4.24. The molecule has 1 aromatic rings. The van der Waals surface area contributed by atoms with Gasteiger partial charge in [-0.3, -0.25) is 9.59 Å². The Labute approximate surface area is 153 Å². The molecule has 2 rings (SSSR count). The van der Waals surface area contributed by atoms with Gasteiger partial charge in [0.25, 0.3) is 0 Å². The number of carboxylic acids is 1. The van der Waals surface area contributed by atoms with Crippen LogP contribution in [0.2, 0.25) is 0 Å². The van der Waals surface area contributed by atoms with Gasteiger partial charge in [-0.15, -0.1) is 0 Å². The highest BCUT2D eigenvalue weighted by molar-refractivity contribution is 5.92. The van der Waals surface area contributed by atoms with Crippen molar-refractivity contribution in [2.75, 3.05) is 11.9 Å². The van der Waals surface area contributed by atoms with Gasteiger partial charge in [-0.2, -0.15) is 0 Å². The Morgan fingerprint density at radius 3 is 2.58 bits per heavy atom. The molecule has 1 aliphatic rings. The lowest BCUT2D eigenvalue weighted by atomic mass is 10.1. The second kappa shape index (κ2) is 9.22. The van der Waals surface area contributed by atoms with Gasteiger partial charge in [-0.1, -0.05) is 12.8 Å². The standard InChI is InChI=1S/C19H26N2O5/c1-12-9-15(26-11-18(23)24)7-8-16(12)21-17(22)10-13(2)20-19(25)14-5-3-4-6-14/h7-9,13-14H,3-6,10-11H2,1-2H3,(H,20,25)(H,21,22)(H,23,24). The summed E-state index contributed by atoms with van der Waals surface area (Å²) in [7, 11) is 0. The molecule has 1 atom stereocenters. The van der Waals surface area contributed by atoms with Crippen LogP contribution in [0, 0.1) is 12.8 Å². The lowest BCUT2D eigenvalue weighted by Crippen LogP contribution is -2.38. The quantitative estimate of drug-likeness (QED) is 0.659. The van der Waals surface area contributed by atoms with E-state index in [1.807, 2.05) is 6.92 Å². The van der Waals surface area contributed by atoms with Gasteiger partial charge in [0.05, 0.1) is 0 Å². The van der Waals surface area contributed by atoms with Gasteiger partial charge in [0.2, 0.25) is 11.8 Å². The van der Waals surface area contributed by atoms with Gasteiger partial charge < -0.3 is 20.5 Å². The van der Waals surface area contributed by atoms with Crippen molar-refractivity contribution >= 4 is 23.5 Å². The van der Waals surface area contributed by atoms with E-state index in [0.29, 0.717) is 11.4 Å². The molecule has 2 amide bonds. The molecule has 7 heteroatoms. The SMILES string of the molecule is Cc1cc(OCC(=O)O)ccc1NC(=O)CC(C)NC(=O)C1CCCC1. The number of anilines is 1. The second-order valence-corrected chi connectivity index (χ2v) is 6.80. The number of ether oxygens (including phenoxy) is 1. The van der Waals surface area contributed by atoms with Crippen LogP contribution in [0.25, 0.3) is 0 Å². The van der Waals surface area contributed by atoms with Gasteiger partial charge in [-0.25, -0.2) is 4.79 Å². The molecule has 3 N–H and O–H groups in total. The van der Waals surface area contributed by atoms with Crippen LogP contribution in [0.1, 0.15) is 44.6 Å². The number of amides is 2. The van der Waals surface area contributed by atoms with Gasteiger partial charge >= 0.3 is 5.97 Å². The fourth-order valence-corrected chi connectivity index (χ4v) is 3.09. The fraction of sp³-hybridized carbons (Fsp3) is 0.526. The third-order valence-corrected chi connectivity index (χ3v) is 4.44. The summed E-state index contributed by atoms with van der Waals surface area (Å²) in [6, 6.07) is 4.72. The zero-order valence-electron chi connectivity index (χ0n) is 15.2. The number of aryl methyl sites for hydroxylation is 1. The van der Waals surface area contributed by atoms with E-state index in [0.717, 1.165) is 31.2 Å². The summed E-state index contributed by atoms with van der Waals surface area (Å²) >= 11 is 0. The third kappa shape index (κ3) is 6.06. The van der Waals surface area contributed by atoms with Crippen molar-refractivity contribution in [2.24, 2.45) is 5.92 Å². The van der Waals surface area contributed by atoms with Crippen molar-refractivity contribution < 1.29 is 24.2 Å². The predicted molar refractivity (Wildman–Crippen MR) is 97.1 cm³/mol. The van der Waals surface area contributed by atoms with Crippen molar-refractivity contribution in [2.45, 2.75) is 52.0 Å². The molecule has 0 aromatic heterocycles. The van der Waals surface area contributed by atoms with Crippen LogP contribution >= 0.6 is 0 Å². The smallest absolute Gasteiger partial charge is 0.341 e. The second-order valence-electron chi connectivity index (χ2n) is 6.80. The van der Waals surface area contributed by atoms with Crippen LogP contribution in [0.5, 0.6) is 5.75 Å². The van der Waals surface area contributed by atoms with Crippen LogP contribution in [-0.2, 0) is 14.4 Å². The molecule has 1 saturated carbocycles. The Morgan fingerprint density at radius 1 is 1.27 bits per heavy atom. The molecule has 7 nitrogen and oxygen atoms in total. The molecule has 0 radical (unpaired) electrons. The molecule has 1 unspecified atom stereocenters. The van der Waals surface area contributed by atoms with Crippen LogP contribution < -0.4 is 15.4 Å². The molecule has 0 saturated heterocycles. The summed E-state index contributed by atoms with van der Waals surface area (Å²) in [5.41, 5.74) is 1.40. The van der Waals surface area contributed by atoms with E-state index < -0.39 is 12.6 Å². The van der Waals surface area contributed by atoms with Crippen LogP contribution in [-0.4, -0.2) is 35.5 Å². The van der Waals surface area contributed by atoms with E-state index in [-0.39, 0.29) is 30.2 Å². The Morgan fingerprint density at radius 2 is 1.96 bits per heavy atom. The molecule has 0 aliphatic heterocycles. The van der Waals surface area contributed by atoms with E-state index in [2.05, 4.69) is 10.6 Å². The van der Waals surface area contributed by atoms with Crippen LogP contribution in [0.4, 0.5) is 5.69 Å². The molecule has 26 heavy (non-hydrogen) atoms. The van der Waals surface area contributed by atoms with Crippen molar-refractivity contribution in [3.05, 3.63) is 23.8 Å². The average molecular weight is 362 g/mol. The summed E-state index contributed by atoms with van der Waals surface area (Å²) in [5, 5.41) is 14.3. The number of hydrogen-bond acceptors (Lipinski definition) is 4. The number of nitrogens with one attached hydrogen (secondary N) is 2. The maximum Gasteiger partial charge on any atom is 0.341 e. The number of carbonyl (C=O) groups is 3. The first-order chi connectivity index (χ1) is 12.3. The van der Waals surface area contributed by atoms with Gasteiger partial charge in [0.1, 0.15) is 5.75 Å². The minimum atomic E-state index is -1.05. The first-order valence-corrected chi connectivity index (χ1v) is 8.90. The summed E-state index contributed by atoms with van der Waals surface area (Å²) in [6.45, 7) is 3.21. The molecular weight excluding hydrogens is 336 g/mol. The Kier molecular flexibility index (Phi) is 7.00. The maximum atomic E-state index is 12.2. The zero-order valence-corrected chi connectivity index (χ0v) is 15.2. The minimum Gasteiger partial charge on any atom is -0.482 e. The highest BCUT2D eigenvalue weighted by Crippen LogP contribution is 2.25. The van der Waals surface area contributed by atoms with Crippen molar-refractivity contribution in [3.8, 4) is 5.75 Å². The number of benzene rings is 1. The number of carboxylic acid groups (broad SMARTS) is 1. The van der Waals surface area contributed by atoms with E-state index in [1.165, 1.54) is 0 Å². The van der Waals surface area contributed by atoms with E-state index in [9.17, 15) is 14.4 Å². The van der Waals surface area contributed by atoms with Crippen molar-refractivity contribution in [3.63, 3.8) is 0 Å². The lowest BCUT2D eigenvalue weighted by molar-refractivity contribution is -0.139. The van der Waals surface area contributed by atoms with E-state index in [4.69, 9.17) is 9.84 Å². The van der Waals surface area contributed by atoms with E-state index >= 15 is 0 Å². The number of aliphatic carboxylic acids is 1. The molecule has 0 bridgehead atoms. The van der Waals surface area contributed by atoms with Crippen molar-refractivity contribution in [1.29, 1.82) is 0 Å². The molecular formula is C19H26N2O5. The Bertz CT molecular complexity index is 668. The maximum absolute atomic E-state index is 12.2. The predicted octanol–water partition coefficient (Wildman–Crippen LogP) is 2.48. The van der Waals surface area contributed by atoms with Crippen LogP contribution in [0.15, 0.2) is 18.2 Å². The molecule has 1 aliphatic carbocycles. The highest BCUT2D eigenvalue weighted by Gasteiger charge is 2.24. The monoisotopic (exact) mass is 362 g/mol. The van der Waals surface area contributed by atoms with Gasteiger partial charge in [-0.05, 0) is 50.5 Å². The normalized spacial score (nSPS) is 15.3. The first-order valence-electron chi connectivity index (χ1n) is 8.90. The summed E-state index contributed by atoms with van der Waals surface area (Å²) in [4.78, 5) is 34.8. The van der Waals surface area contributed by atoms with Crippen LogP contribution in [0.3, 0.4) is 0 Å². The number of rotatable bonds is 8. The fourth-order valence-electron chi connectivity index (χ4n) is 3.09. The minimum absolute atomic E-state index is 0.0407. The molecule has 1 fully saturated rings. The van der Waals surface area contributed by atoms with Gasteiger partial charge in [0.15, 0.2) is 6.61 Å². The largest absolute Gasteiger partial charge is 0.482 e. The number of carbonyl (C=O) groups excluding carboxylic acids is 2. The highest BCUT2D eigenvalue weighted by atomic mass is 16.5.